The first-order chi connectivity index (χ1) is 16.5. The number of aryl methyl sites for hydroxylation is 2. The van der Waals surface area contributed by atoms with E-state index in [4.69, 9.17) is 9.47 Å². The highest BCUT2D eigenvalue weighted by Crippen LogP contribution is 2.37. The molecule has 1 amide bonds. The molecule has 0 radical (unpaired) electrons. The average Bonchev–Trinajstić information content (AvgIpc) is 3.33. The Balaban J connectivity index is 1.70. The molecule has 0 fully saturated rings. The number of ether oxygens (including phenoxy) is 2. The minimum atomic E-state index is -0.595. The van der Waals surface area contributed by atoms with Crippen LogP contribution in [0.25, 0.3) is 5.69 Å². The second kappa shape index (κ2) is 10.4. The van der Waals surface area contributed by atoms with E-state index >= 15 is 0 Å². The van der Waals surface area contributed by atoms with Crippen LogP contribution in [0, 0.1) is 13.8 Å². The molecule has 4 aromatic rings. The van der Waals surface area contributed by atoms with Gasteiger partial charge >= 0.3 is 0 Å². The van der Waals surface area contributed by atoms with Gasteiger partial charge in [-0.3, -0.25) is 4.79 Å². The number of rotatable bonds is 8. The van der Waals surface area contributed by atoms with Crippen LogP contribution in [-0.4, -0.2) is 40.3 Å². The van der Waals surface area contributed by atoms with Crippen molar-refractivity contribution in [1.29, 1.82) is 0 Å². The number of benzene rings is 3. The van der Waals surface area contributed by atoms with Crippen molar-refractivity contribution in [2.45, 2.75) is 24.3 Å². The molecule has 0 spiro atoms. The van der Waals surface area contributed by atoms with Crippen molar-refractivity contribution in [3.63, 3.8) is 0 Å². The maximum absolute atomic E-state index is 13.5. The summed E-state index contributed by atoms with van der Waals surface area (Å²) in [6.45, 7) is 3.96. The number of thioether (sulfide) groups is 1. The van der Waals surface area contributed by atoms with Crippen molar-refractivity contribution in [3.8, 4) is 17.2 Å². The zero-order chi connectivity index (χ0) is 24.1. The standard InChI is InChI=1S/C25H25N5O3S/c1-16-10-11-17(2)20(14-16)26-24(31)23(18-8-6-5-7-9-18)34-25-27-28-29-30(25)21-15-19(32-3)12-13-22(21)33-4/h5-15,23H,1-4H3,(H,26,31). The number of anilines is 1. The molecule has 1 unspecified atom stereocenters. The van der Waals surface area contributed by atoms with Crippen LogP contribution < -0.4 is 14.8 Å². The molecular weight excluding hydrogens is 450 g/mol. The van der Waals surface area contributed by atoms with Crippen molar-refractivity contribution in [3.05, 3.63) is 83.4 Å². The third-order valence-electron chi connectivity index (χ3n) is 5.27. The van der Waals surface area contributed by atoms with Crippen molar-refractivity contribution < 1.29 is 14.3 Å². The topological polar surface area (TPSA) is 91.2 Å². The van der Waals surface area contributed by atoms with Crippen molar-refractivity contribution in [1.82, 2.24) is 20.2 Å². The predicted octanol–water partition coefficient (Wildman–Crippen LogP) is 4.77. The Hall–Kier alpha value is -3.85. The van der Waals surface area contributed by atoms with Gasteiger partial charge in [-0.2, -0.15) is 4.68 Å². The SMILES string of the molecule is COc1ccc(OC)c(-n2nnnc2SC(C(=O)Nc2cc(C)ccc2C)c2ccccc2)c1. The van der Waals surface area contributed by atoms with E-state index in [0.29, 0.717) is 22.3 Å². The fraction of sp³-hybridized carbons (Fsp3) is 0.200. The highest BCUT2D eigenvalue weighted by atomic mass is 32.2. The van der Waals surface area contributed by atoms with Crippen LogP contribution in [0.3, 0.4) is 0 Å². The van der Waals surface area contributed by atoms with E-state index in [1.807, 2.05) is 62.4 Å². The monoisotopic (exact) mass is 475 g/mol. The molecule has 174 valence electrons. The highest BCUT2D eigenvalue weighted by molar-refractivity contribution is 8.00. The van der Waals surface area contributed by atoms with Gasteiger partial charge in [-0.1, -0.05) is 54.2 Å². The highest BCUT2D eigenvalue weighted by Gasteiger charge is 2.26. The van der Waals surface area contributed by atoms with E-state index in [9.17, 15) is 4.79 Å². The lowest BCUT2D eigenvalue weighted by atomic mass is 10.1. The molecule has 0 saturated carbocycles. The van der Waals surface area contributed by atoms with Crippen molar-refractivity contribution >= 4 is 23.4 Å². The summed E-state index contributed by atoms with van der Waals surface area (Å²) in [5.74, 6) is 1.04. The third kappa shape index (κ3) is 5.04. The normalized spacial score (nSPS) is 11.6. The van der Waals surface area contributed by atoms with Gasteiger partial charge in [-0.25, -0.2) is 0 Å². The van der Waals surface area contributed by atoms with E-state index in [1.54, 1.807) is 37.1 Å². The molecule has 0 saturated heterocycles. The lowest BCUT2D eigenvalue weighted by molar-refractivity contribution is -0.115. The van der Waals surface area contributed by atoms with E-state index in [-0.39, 0.29) is 5.91 Å². The predicted molar refractivity (Wildman–Crippen MR) is 132 cm³/mol. The molecule has 0 bridgehead atoms. The molecule has 1 N–H and O–H groups in total. The van der Waals surface area contributed by atoms with Crippen LogP contribution in [0.15, 0.2) is 71.9 Å². The minimum absolute atomic E-state index is 0.169. The van der Waals surface area contributed by atoms with E-state index < -0.39 is 5.25 Å². The summed E-state index contributed by atoms with van der Waals surface area (Å²) in [7, 11) is 3.16. The number of hydrogen-bond acceptors (Lipinski definition) is 7. The number of amides is 1. The molecule has 1 aromatic heterocycles. The summed E-state index contributed by atoms with van der Waals surface area (Å²) in [6.07, 6.45) is 0. The molecular formula is C25H25N5O3S. The Labute approximate surface area is 202 Å². The van der Waals surface area contributed by atoms with Crippen LogP contribution in [0.4, 0.5) is 5.69 Å². The third-order valence-corrected chi connectivity index (χ3v) is 6.46. The number of tetrazole rings is 1. The molecule has 9 heteroatoms. The van der Waals surface area contributed by atoms with Gasteiger partial charge in [0.15, 0.2) is 0 Å². The molecule has 0 aliphatic rings. The second-order valence-corrected chi connectivity index (χ2v) is 8.70. The molecule has 8 nitrogen and oxygen atoms in total. The van der Waals surface area contributed by atoms with E-state index in [2.05, 4.69) is 20.8 Å². The van der Waals surface area contributed by atoms with E-state index in [1.165, 1.54) is 11.8 Å². The van der Waals surface area contributed by atoms with Gasteiger partial charge < -0.3 is 14.8 Å². The number of hydrogen-bond donors (Lipinski definition) is 1. The van der Waals surface area contributed by atoms with Crippen LogP contribution in [0.2, 0.25) is 0 Å². The van der Waals surface area contributed by atoms with Gasteiger partial charge in [-0.15, -0.1) is 5.10 Å². The van der Waals surface area contributed by atoms with Gasteiger partial charge in [-0.05, 0) is 59.2 Å². The zero-order valence-electron chi connectivity index (χ0n) is 19.4. The van der Waals surface area contributed by atoms with Crippen molar-refractivity contribution in [2.75, 3.05) is 19.5 Å². The van der Waals surface area contributed by atoms with Crippen LogP contribution in [0.5, 0.6) is 11.5 Å². The molecule has 1 heterocycles. The molecule has 34 heavy (non-hydrogen) atoms. The Bertz CT molecular complexity index is 1290. The number of carbonyl (C=O) groups excluding carboxylic acids is 1. The molecule has 4 rings (SSSR count). The summed E-state index contributed by atoms with van der Waals surface area (Å²) in [5.41, 5.74) is 4.28. The Kier molecular flexibility index (Phi) is 7.12. The molecule has 3 aromatic carbocycles. The second-order valence-electron chi connectivity index (χ2n) is 7.63. The molecule has 0 aliphatic carbocycles. The lowest BCUT2D eigenvalue weighted by Crippen LogP contribution is -2.20. The number of carbonyl (C=O) groups is 1. The van der Waals surface area contributed by atoms with Crippen LogP contribution in [-0.2, 0) is 4.79 Å². The number of nitrogens with zero attached hydrogens (tertiary/aromatic N) is 4. The number of aromatic nitrogens is 4. The lowest BCUT2D eigenvalue weighted by Gasteiger charge is -2.18. The first-order valence-corrected chi connectivity index (χ1v) is 11.5. The maximum atomic E-state index is 13.5. The van der Waals surface area contributed by atoms with Gasteiger partial charge in [0.25, 0.3) is 0 Å². The fourth-order valence-electron chi connectivity index (χ4n) is 3.44. The van der Waals surface area contributed by atoms with Crippen LogP contribution >= 0.6 is 11.8 Å². The van der Waals surface area contributed by atoms with Gasteiger partial charge in [0.05, 0.1) is 14.2 Å². The average molecular weight is 476 g/mol. The summed E-state index contributed by atoms with van der Waals surface area (Å²) in [5, 5.41) is 15.1. The smallest absolute Gasteiger partial charge is 0.242 e. The molecule has 1 atom stereocenters. The fourth-order valence-corrected chi connectivity index (χ4v) is 4.43. The first kappa shape index (κ1) is 23.3. The number of nitrogens with one attached hydrogen (secondary N) is 1. The Morgan fingerprint density at radius 1 is 1.00 bits per heavy atom. The minimum Gasteiger partial charge on any atom is -0.497 e. The first-order valence-electron chi connectivity index (χ1n) is 10.6. The Morgan fingerprint density at radius 3 is 2.53 bits per heavy atom. The van der Waals surface area contributed by atoms with Gasteiger partial charge in [0.1, 0.15) is 22.4 Å². The van der Waals surface area contributed by atoms with Gasteiger partial charge in [0.2, 0.25) is 11.1 Å². The molecule has 0 aliphatic heterocycles. The zero-order valence-corrected chi connectivity index (χ0v) is 20.2. The maximum Gasteiger partial charge on any atom is 0.242 e. The van der Waals surface area contributed by atoms with Crippen LogP contribution in [0.1, 0.15) is 21.9 Å². The summed E-state index contributed by atoms with van der Waals surface area (Å²) < 4.78 is 12.4. The van der Waals surface area contributed by atoms with E-state index in [0.717, 1.165) is 22.4 Å². The largest absolute Gasteiger partial charge is 0.497 e. The summed E-state index contributed by atoms with van der Waals surface area (Å²) in [4.78, 5) is 13.5. The summed E-state index contributed by atoms with van der Waals surface area (Å²) >= 11 is 1.26. The van der Waals surface area contributed by atoms with Gasteiger partial charge in [0, 0.05) is 11.8 Å². The summed E-state index contributed by atoms with van der Waals surface area (Å²) in [6, 6.07) is 20.9. The Morgan fingerprint density at radius 2 is 1.79 bits per heavy atom. The van der Waals surface area contributed by atoms with Crippen molar-refractivity contribution in [2.24, 2.45) is 0 Å². The quantitative estimate of drug-likeness (QED) is 0.367. The number of methoxy groups -OCH3 is 2.